The van der Waals surface area contributed by atoms with Crippen molar-refractivity contribution in [2.45, 2.75) is 52.7 Å². The van der Waals surface area contributed by atoms with Gasteiger partial charge in [0.25, 0.3) is 5.91 Å². The summed E-state index contributed by atoms with van der Waals surface area (Å²) in [6.07, 6.45) is 3.20. The van der Waals surface area contributed by atoms with Gasteiger partial charge in [-0.1, -0.05) is 0 Å². The highest BCUT2D eigenvalue weighted by Gasteiger charge is 2.18. The van der Waals surface area contributed by atoms with Gasteiger partial charge < -0.3 is 20.1 Å². The summed E-state index contributed by atoms with van der Waals surface area (Å²) in [6.45, 7) is 10.2. The molecule has 7 heteroatoms. The lowest BCUT2D eigenvalue weighted by Gasteiger charge is -2.23. The molecule has 0 aliphatic heterocycles. The zero-order valence-electron chi connectivity index (χ0n) is 16.2. The maximum atomic E-state index is 12.8. The number of pyridine rings is 1. The fourth-order valence-electron chi connectivity index (χ4n) is 2.33. The number of carbonyl (C=O) groups excluding carboxylic acids is 2. The van der Waals surface area contributed by atoms with Crippen molar-refractivity contribution in [3.63, 3.8) is 0 Å². The van der Waals surface area contributed by atoms with E-state index in [1.54, 1.807) is 4.90 Å². The number of nitrogens with zero attached hydrogens (tertiary/aromatic N) is 2. The number of primary amides is 1. The predicted octanol–water partition coefficient (Wildman–Crippen LogP) is 2.25. The van der Waals surface area contributed by atoms with Crippen LogP contribution in [0.2, 0.25) is 0 Å². The van der Waals surface area contributed by atoms with Gasteiger partial charge in [-0.25, -0.2) is 0 Å². The normalized spacial score (nSPS) is 11.2. The summed E-state index contributed by atoms with van der Waals surface area (Å²) < 4.78 is 11.1. The van der Waals surface area contributed by atoms with Crippen LogP contribution in [0.4, 0.5) is 0 Å². The maximum absolute atomic E-state index is 12.8. The van der Waals surface area contributed by atoms with Gasteiger partial charge in [-0.05, 0) is 52.7 Å². The van der Waals surface area contributed by atoms with Crippen LogP contribution in [0.3, 0.4) is 0 Å². The molecule has 0 saturated heterocycles. The third-order valence-corrected chi connectivity index (χ3v) is 3.60. The lowest BCUT2D eigenvalue weighted by atomic mass is 10.2. The van der Waals surface area contributed by atoms with E-state index < -0.39 is 5.91 Å². The molecule has 26 heavy (non-hydrogen) atoms. The SMILES string of the molecule is CC(C)OCCCN(CCCOC(C)C)C(=O)c1cc(C(N)=O)ccn1. The minimum absolute atomic E-state index is 0.160. The molecule has 0 radical (unpaired) electrons. The minimum Gasteiger partial charge on any atom is -0.379 e. The molecular weight excluding hydrogens is 334 g/mol. The first-order chi connectivity index (χ1) is 12.3. The van der Waals surface area contributed by atoms with Gasteiger partial charge in [-0.2, -0.15) is 0 Å². The molecule has 7 nitrogen and oxygen atoms in total. The van der Waals surface area contributed by atoms with Crippen LogP contribution in [0.5, 0.6) is 0 Å². The number of hydrogen-bond donors (Lipinski definition) is 1. The van der Waals surface area contributed by atoms with E-state index in [1.165, 1.54) is 18.3 Å². The van der Waals surface area contributed by atoms with Crippen molar-refractivity contribution < 1.29 is 19.1 Å². The van der Waals surface area contributed by atoms with Crippen molar-refractivity contribution in [3.8, 4) is 0 Å². The van der Waals surface area contributed by atoms with Crippen molar-refractivity contribution >= 4 is 11.8 Å². The molecule has 0 bridgehead atoms. The van der Waals surface area contributed by atoms with Gasteiger partial charge in [0.15, 0.2) is 0 Å². The van der Waals surface area contributed by atoms with E-state index in [1.807, 2.05) is 27.7 Å². The van der Waals surface area contributed by atoms with E-state index in [-0.39, 0.29) is 29.4 Å². The number of rotatable bonds is 12. The molecule has 1 aromatic rings. The second kappa shape index (κ2) is 11.6. The first-order valence-corrected chi connectivity index (χ1v) is 9.09. The Labute approximate surface area is 155 Å². The van der Waals surface area contributed by atoms with E-state index in [9.17, 15) is 9.59 Å². The average molecular weight is 365 g/mol. The van der Waals surface area contributed by atoms with E-state index in [2.05, 4.69) is 4.98 Å². The van der Waals surface area contributed by atoms with Crippen molar-refractivity contribution in [1.29, 1.82) is 0 Å². The largest absolute Gasteiger partial charge is 0.379 e. The maximum Gasteiger partial charge on any atom is 0.272 e. The summed E-state index contributed by atoms with van der Waals surface area (Å²) in [5.41, 5.74) is 5.78. The van der Waals surface area contributed by atoms with Crippen LogP contribution >= 0.6 is 0 Å². The standard InChI is InChI=1S/C19H31N3O4/c1-14(2)25-11-5-9-22(10-6-12-26-15(3)4)19(24)17-13-16(18(20)23)7-8-21-17/h7-8,13-15H,5-6,9-12H2,1-4H3,(H2,20,23). The van der Waals surface area contributed by atoms with Gasteiger partial charge in [0, 0.05) is 38.1 Å². The van der Waals surface area contributed by atoms with E-state index >= 15 is 0 Å². The lowest BCUT2D eigenvalue weighted by Crippen LogP contribution is -2.35. The fraction of sp³-hybridized carbons (Fsp3) is 0.632. The highest BCUT2D eigenvalue weighted by molar-refractivity contribution is 5.97. The molecule has 0 unspecified atom stereocenters. The van der Waals surface area contributed by atoms with Gasteiger partial charge in [0.2, 0.25) is 5.91 Å². The Hall–Kier alpha value is -1.99. The number of hydrogen-bond acceptors (Lipinski definition) is 5. The molecule has 0 aliphatic carbocycles. The van der Waals surface area contributed by atoms with Crippen LogP contribution in [0.15, 0.2) is 18.3 Å². The summed E-state index contributed by atoms with van der Waals surface area (Å²) in [5.74, 6) is -0.800. The summed E-state index contributed by atoms with van der Waals surface area (Å²) in [7, 11) is 0. The minimum atomic E-state index is -0.580. The molecule has 2 amide bonds. The van der Waals surface area contributed by atoms with Gasteiger partial charge in [-0.3, -0.25) is 14.6 Å². The summed E-state index contributed by atoms with van der Waals surface area (Å²) in [4.78, 5) is 30.0. The molecule has 0 spiro atoms. The fourth-order valence-corrected chi connectivity index (χ4v) is 2.33. The molecule has 1 aromatic heterocycles. The highest BCUT2D eigenvalue weighted by atomic mass is 16.5. The monoisotopic (exact) mass is 365 g/mol. The molecule has 0 saturated carbocycles. The lowest BCUT2D eigenvalue weighted by molar-refractivity contribution is 0.0536. The van der Waals surface area contributed by atoms with Gasteiger partial charge in [0.05, 0.1) is 12.2 Å². The smallest absolute Gasteiger partial charge is 0.272 e. The van der Waals surface area contributed by atoms with E-state index in [4.69, 9.17) is 15.2 Å². The quantitative estimate of drug-likeness (QED) is 0.573. The topological polar surface area (TPSA) is 94.8 Å². The zero-order chi connectivity index (χ0) is 19.5. The molecule has 0 fully saturated rings. The third-order valence-electron chi connectivity index (χ3n) is 3.60. The molecule has 0 aliphatic rings. The van der Waals surface area contributed by atoms with Crippen LogP contribution in [0.25, 0.3) is 0 Å². The van der Waals surface area contributed by atoms with Crippen LogP contribution in [-0.4, -0.2) is 60.2 Å². The summed E-state index contributed by atoms with van der Waals surface area (Å²) in [6, 6.07) is 2.93. The van der Waals surface area contributed by atoms with Crippen LogP contribution in [-0.2, 0) is 9.47 Å². The number of amides is 2. The van der Waals surface area contributed by atoms with Crippen molar-refractivity contribution in [2.75, 3.05) is 26.3 Å². The Morgan fingerprint density at radius 3 is 2.08 bits per heavy atom. The predicted molar refractivity (Wildman–Crippen MR) is 100 cm³/mol. The van der Waals surface area contributed by atoms with Crippen LogP contribution in [0, 0.1) is 0 Å². The third kappa shape index (κ3) is 8.40. The summed E-state index contributed by atoms with van der Waals surface area (Å²) >= 11 is 0. The Bertz CT molecular complexity index is 560. The number of nitrogens with two attached hydrogens (primary N) is 1. The van der Waals surface area contributed by atoms with Gasteiger partial charge >= 0.3 is 0 Å². The summed E-state index contributed by atoms with van der Waals surface area (Å²) in [5, 5.41) is 0. The first-order valence-electron chi connectivity index (χ1n) is 9.09. The second-order valence-corrected chi connectivity index (χ2v) is 6.63. The van der Waals surface area contributed by atoms with Crippen LogP contribution in [0.1, 0.15) is 61.4 Å². The zero-order valence-corrected chi connectivity index (χ0v) is 16.2. The number of ether oxygens (including phenoxy) is 2. The number of carbonyl (C=O) groups is 2. The molecular formula is C19H31N3O4. The van der Waals surface area contributed by atoms with Crippen molar-refractivity contribution in [2.24, 2.45) is 5.73 Å². The Morgan fingerprint density at radius 2 is 1.62 bits per heavy atom. The molecule has 1 rings (SSSR count). The van der Waals surface area contributed by atoms with Gasteiger partial charge in [-0.15, -0.1) is 0 Å². The molecule has 1 heterocycles. The van der Waals surface area contributed by atoms with Crippen molar-refractivity contribution in [1.82, 2.24) is 9.88 Å². The Balaban J connectivity index is 2.72. The highest BCUT2D eigenvalue weighted by Crippen LogP contribution is 2.08. The van der Waals surface area contributed by atoms with Crippen molar-refractivity contribution in [3.05, 3.63) is 29.6 Å². The van der Waals surface area contributed by atoms with Gasteiger partial charge in [0.1, 0.15) is 5.69 Å². The average Bonchev–Trinajstić information content (AvgIpc) is 2.59. The first kappa shape index (κ1) is 22.1. The second-order valence-electron chi connectivity index (χ2n) is 6.63. The Kier molecular flexibility index (Phi) is 9.83. The molecule has 146 valence electrons. The van der Waals surface area contributed by atoms with Crippen LogP contribution < -0.4 is 5.73 Å². The molecule has 0 aromatic carbocycles. The number of aromatic nitrogens is 1. The Morgan fingerprint density at radius 1 is 1.08 bits per heavy atom. The molecule has 0 atom stereocenters. The van der Waals surface area contributed by atoms with E-state index in [0.717, 1.165) is 12.8 Å². The molecule has 2 N–H and O–H groups in total. The van der Waals surface area contributed by atoms with E-state index in [0.29, 0.717) is 26.3 Å².